The van der Waals surface area contributed by atoms with Crippen LogP contribution in [0.4, 0.5) is 0 Å². The zero-order valence-electron chi connectivity index (χ0n) is 16.4. The molecule has 4 nitrogen and oxygen atoms in total. The quantitative estimate of drug-likeness (QED) is 0.686. The Morgan fingerprint density at radius 2 is 1.20 bits per heavy atom. The van der Waals surface area contributed by atoms with E-state index in [1.807, 2.05) is 0 Å². The molecule has 0 amide bonds. The van der Waals surface area contributed by atoms with Gasteiger partial charge in [-0.2, -0.15) is 0 Å². The van der Waals surface area contributed by atoms with E-state index in [-0.39, 0.29) is 11.2 Å². The molecule has 0 bridgehead atoms. The Morgan fingerprint density at radius 3 is 1.48 bits per heavy atom. The lowest BCUT2D eigenvalue weighted by Gasteiger charge is -2.42. The third kappa shape index (κ3) is 3.10. The second kappa shape index (κ2) is 6.28. The number of ether oxygens (including phenoxy) is 2. The molecule has 0 N–H and O–H groups in total. The van der Waals surface area contributed by atoms with Gasteiger partial charge in [0.15, 0.2) is 11.8 Å². The molecule has 0 saturated heterocycles. The number of hydrogen-bond donors (Lipinski definition) is 0. The summed E-state index contributed by atoms with van der Waals surface area (Å²) in [5.74, 6) is 3.07. The van der Waals surface area contributed by atoms with Crippen LogP contribution in [-0.4, -0.2) is 35.1 Å². The van der Waals surface area contributed by atoms with Crippen LogP contribution in [0, 0.1) is 11.8 Å². The van der Waals surface area contributed by atoms with Gasteiger partial charge in [-0.25, -0.2) is 9.98 Å². The van der Waals surface area contributed by atoms with E-state index in [0.717, 1.165) is 50.3 Å². The highest BCUT2D eigenvalue weighted by Crippen LogP contribution is 2.48. The maximum atomic E-state index is 6.39. The molecule has 2 heterocycles. The van der Waals surface area contributed by atoms with Crippen LogP contribution >= 0.6 is 0 Å². The molecule has 0 aromatic heterocycles. The number of hydrogen-bond acceptors (Lipinski definition) is 4. The summed E-state index contributed by atoms with van der Waals surface area (Å²) in [5, 5.41) is 0. The first-order chi connectivity index (χ1) is 11.9. The average Bonchev–Trinajstić information content (AvgIpc) is 2.96. The maximum Gasteiger partial charge on any atom is 0.193 e. The predicted molar refractivity (Wildman–Crippen MR) is 101 cm³/mol. The van der Waals surface area contributed by atoms with Gasteiger partial charge in [0.25, 0.3) is 0 Å². The molecule has 140 valence electrons. The summed E-state index contributed by atoms with van der Waals surface area (Å²) in [5.41, 5.74) is 0.00845. The van der Waals surface area contributed by atoms with Gasteiger partial charge >= 0.3 is 0 Å². The van der Waals surface area contributed by atoms with E-state index in [9.17, 15) is 0 Å². The SMILES string of the molecule is CC(C)C[C@H]1N=C(CC2=N[C@H](CC(C)C)C3(CCC3)O2)OC12CCC2. The number of nitrogens with zero attached hydrogens (tertiary/aromatic N) is 2. The highest BCUT2D eigenvalue weighted by Gasteiger charge is 2.53. The van der Waals surface area contributed by atoms with Crippen molar-refractivity contribution in [3.05, 3.63) is 0 Å². The Balaban J connectivity index is 1.45. The number of aliphatic imine (C=N–C) groups is 2. The van der Waals surface area contributed by atoms with Crippen molar-refractivity contribution in [3.8, 4) is 0 Å². The van der Waals surface area contributed by atoms with Gasteiger partial charge in [0.1, 0.15) is 11.2 Å². The Hall–Kier alpha value is -1.06. The average molecular weight is 347 g/mol. The van der Waals surface area contributed by atoms with Crippen molar-refractivity contribution in [3.63, 3.8) is 0 Å². The highest BCUT2D eigenvalue weighted by molar-refractivity contribution is 5.99. The van der Waals surface area contributed by atoms with Gasteiger partial charge in [0.05, 0.1) is 18.5 Å². The van der Waals surface area contributed by atoms with E-state index in [1.165, 1.54) is 12.8 Å². The third-order valence-corrected chi connectivity index (χ3v) is 6.55. The van der Waals surface area contributed by atoms with Crippen LogP contribution < -0.4 is 0 Å². The first-order valence-corrected chi connectivity index (χ1v) is 10.4. The van der Waals surface area contributed by atoms with Crippen molar-refractivity contribution in [2.45, 2.75) is 109 Å². The van der Waals surface area contributed by atoms with Gasteiger partial charge in [-0.05, 0) is 63.2 Å². The van der Waals surface area contributed by atoms with E-state index in [0.29, 0.717) is 30.3 Å². The van der Waals surface area contributed by atoms with Crippen molar-refractivity contribution in [1.82, 2.24) is 0 Å². The lowest BCUT2D eigenvalue weighted by atomic mass is 9.73. The van der Waals surface area contributed by atoms with Crippen LogP contribution in [0.3, 0.4) is 0 Å². The smallest absolute Gasteiger partial charge is 0.193 e. The van der Waals surface area contributed by atoms with Crippen LogP contribution in [0.25, 0.3) is 0 Å². The van der Waals surface area contributed by atoms with Gasteiger partial charge in [0.2, 0.25) is 0 Å². The second-order valence-corrected chi connectivity index (χ2v) is 9.55. The largest absolute Gasteiger partial charge is 0.472 e. The first-order valence-electron chi connectivity index (χ1n) is 10.4. The van der Waals surface area contributed by atoms with Crippen LogP contribution in [0.2, 0.25) is 0 Å². The van der Waals surface area contributed by atoms with E-state index in [4.69, 9.17) is 19.5 Å². The minimum atomic E-state index is 0.00422. The van der Waals surface area contributed by atoms with Gasteiger partial charge in [0, 0.05) is 0 Å². The topological polar surface area (TPSA) is 43.2 Å². The molecule has 2 aliphatic heterocycles. The summed E-state index contributed by atoms with van der Waals surface area (Å²) in [6, 6.07) is 0.671. The Morgan fingerprint density at radius 1 is 0.800 bits per heavy atom. The van der Waals surface area contributed by atoms with Crippen molar-refractivity contribution >= 4 is 11.8 Å². The molecule has 0 radical (unpaired) electrons. The summed E-state index contributed by atoms with van der Waals surface area (Å²) in [4.78, 5) is 9.96. The van der Waals surface area contributed by atoms with E-state index < -0.39 is 0 Å². The van der Waals surface area contributed by atoms with Crippen molar-refractivity contribution < 1.29 is 9.47 Å². The Kier molecular flexibility index (Phi) is 4.36. The molecule has 4 rings (SSSR count). The summed E-state index contributed by atoms with van der Waals surface area (Å²) in [6.45, 7) is 9.11. The summed E-state index contributed by atoms with van der Waals surface area (Å²) in [7, 11) is 0. The van der Waals surface area contributed by atoms with Gasteiger partial charge < -0.3 is 9.47 Å². The summed E-state index contributed by atoms with van der Waals surface area (Å²) >= 11 is 0. The van der Waals surface area contributed by atoms with Crippen molar-refractivity contribution in [2.24, 2.45) is 21.8 Å². The fraction of sp³-hybridized carbons (Fsp3) is 0.905. The molecule has 2 aliphatic carbocycles. The lowest BCUT2D eigenvalue weighted by Crippen LogP contribution is -2.47. The first kappa shape index (κ1) is 17.4. The van der Waals surface area contributed by atoms with Crippen molar-refractivity contribution in [1.29, 1.82) is 0 Å². The van der Waals surface area contributed by atoms with E-state index >= 15 is 0 Å². The molecule has 2 saturated carbocycles. The van der Waals surface area contributed by atoms with Crippen LogP contribution in [0.1, 0.15) is 85.5 Å². The fourth-order valence-corrected chi connectivity index (χ4v) is 4.88. The molecule has 0 unspecified atom stereocenters. The van der Waals surface area contributed by atoms with E-state index in [2.05, 4.69) is 27.7 Å². The van der Waals surface area contributed by atoms with Gasteiger partial charge in [-0.15, -0.1) is 0 Å². The van der Waals surface area contributed by atoms with Crippen LogP contribution in [-0.2, 0) is 9.47 Å². The lowest BCUT2D eigenvalue weighted by molar-refractivity contribution is -0.0296. The normalized spacial score (nSPS) is 31.6. The molecular formula is C21H34N2O2. The maximum absolute atomic E-state index is 6.39. The van der Waals surface area contributed by atoms with Crippen LogP contribution in [0.15, 0.2) is 9.98 Å². The van der Waals surface area contributed by atoms with Gasteiger partial charge in [-0.1, -0.05) is 27.7 Å². The minimum absolute atomic E-state index is 0.00422. The Labute approximate surface area is 152 Å². The summed E-state index contributed by atoms with van der Waals surface area (Å²) in [6.07, 6.45) is 10.1. The van der Waals surface area contributed by atoms with E-state index in [1.54, 1.807) is 0 Å². The molecule has 2 fully saturated rings. The zero-order chi connectivity index (χ0) is 17.7. The fourth-order valence-electron chi connectivity index (χ4n) is 4.88. The molecule has 0 aromatic carbocycles. The predicted octanol–water partition coefficient (Wildman–Crippen LogP) is 4.91. The summed E-state index contributed by atoms with van der Waals surface area (Å²) < 4.78 is 12.8. The zero-order valence-corrected chi connectivity index (χ0v) is 16.4. The van der Waals surface area contributed by atoms with Crippen LogP contribution in [0.5, 0.6) is 0 Å². The molecule has 2 atom stereocenters. The second-order valence-electron chi connectivity index (χ2n) is 9.55. The molecule has 4 heteroatoms. The Bertz CT molecular complexity index is 520. The molecule has 25 heavy (non-hydrogen) atoms. The molecule has 0 aromatic rings. The molecule has 4 aliphatic rings. The standard InChI is InChI=1S/C21H34N2O2/c1-14(2)11-16-20(7-5-8-20)24-18(22-16)13-19-23-17(12-15(3)4)21(25-19)9-6-10-21/h14-17H,5-13H2,1-4H3/t16-,17-/m1/s1. The number of rotatable bonds is 6. The minimum Gasteiger partial charge on any atom is -0.472 e. The van der Waals surface area contributed by atoms with Gasteiger partial charge in [-0.3, -0.25) is 0 Å². The molecule has 2 spiro atoms. The monoisotopic (exact) mass is 346 g/mol. The third-order valence-electron chi connectivity index (χ3n) is 6.55. The highest BCUT2D eigenvalue weighted by atomic mass is 16.5. The van der Waals surface area contributed by atoms with Crippen molar-refractivity contribution in [2.75, 3.05) is 0 Å². The molecular weight excluding hydrogens is 312 g/mol.